The molecule has 0 saturated heterocycles. The Balaban J connectivity index is 2.11. The first-order chi connectivity index (χ1) is 11.9. The summed E-state index contributed by atoms with van der Waals surface area (Å²) in [6, 6.07) is 7.45. The van der Waals surface area contributed by atoms with Crippen LogP contribution in [0.1, 0.15) is 32.8 Å². The summed E-state index contributed by atoms with van der Waals surface area (Å²) < 4.78 is 15.4. The molecule has 0 aliphatic carbocycles. The highest BCUT2D eigenvalue weighted by Crippen LogP contribution is 2.27. The molecule has 1 N–H and O–H groups in total. The van der Waals surface area contributed by atoms with E-state index in [0.29, 0.717) is 5.75 Å². The number of nitrogens with one attached hydrogen (secondary N) is 1. The summed E-state index contributed by atoms with van der Waals surface area (Å²) in [5.74, 6) is -0.540. The molecule has 7 heteroatoms. The summed E-state index contributed by atoms with van der Waals surface area (Å²) in [4.78, 5) is 23.8. The van der Waals surface area contributed by atoms with Gasteiger partial charge in [-0.05, 0) is 32.4 Å². The number of amides is 1. The van der Waals surface area contributed by atoms with E-state index in [2.05, 4.69) is 10.1 Å². The van der Waals surface area contributed by atoms with Crippen molar-refractivity contribution in [3.05, 3.63) is 46.2 Å². The van der Waals surface area contributed by atoms with E-state index >= 15 is 0 Å². The van der Waals surface area contributed by atoms with Crippen molar-refractivity contribution in [2.24, 2.45) is 0 Å². The Bertz CT molecular complexity index is 861. The van der Waals surface area contributed by atoms with E-state index in [-0.39, 0.29) is 29.4 Å². The molecule has 25 heavy (non-hydrogen) atoms. The third-order valence-electron chi connectivity index (χ3n) is 3.53. The maximum absolute atomic E-state index is 12.1. The average Bonchev–Trinajstić information content (AvgIpc) is 2.88. The molecule has 2 rings (SSSR count). The summed E-state index contributed by atoms with van der Waals surface area (Å²) in [6.45, 7) is 5.09. The summed E-state index contributed by atoms with van der Waals surface area (Å²) in [5, 5.41) is 11.7. The monoisotopic (exact) mass is 342 g/mol. The molecule has 1 aromatic carbocycles. The molecule has 7 nitrogen and oxygen atoms in total. The number of rotatable bonds is 5. The number of carbonyl (C=O) groups excluding carboxylic acids is 2. The Hall–Kier alpha value is -3.27. The number of methoxy groups -OCH3 is 1. The zero-order valence-electron chi connectivity index (χ0n) is 14.4. The van der Waals surface area contributed by atoms with Crippen LogP contribution in [0, 0.1) is 32.1 Å². The van der Waals surface area contributed by atoms with Gasteiger partial charge < -0.3 is 13.9 Å². The zero-order valence-corrected chi connectivity index (χ0v) is 14.4. The molecule has 0 aliphatic heterocycles. The van der Waals surface area contributed by atoms with Gasteiger partial charge in [0.1, 0.15) is 28.7 Å². The van der Waals surface area contributed by atoms with Crippen LogP contribution in [0.4, 0.5) is 5.88 Å². The number of nitriles is 1. The fourth-order valence-electron chi connectivity index (χ4n) is 2.35. The van der Waals surface area contributed by atoms with Gasteiger partial charge in [0.2, 0.25) is 5.88 Å². The molecule has 0 fully saturated rings. The first-order valence-corrected chi connectivity index (χ1v) is 7.49. The van der Waals surface area contributed by atoms with Gasteiger partial charge in [-0.3, -0.25) is 10.1 Å². The molecule has 1 amide bonds. The minimum atomic E-state index is -0.704. The number of furan rings is 1. The maximum atomic E-state index is 12.1. The lowest BCUT2D eigenvalue weighted by atomic mass is 10.1. The fraction of sp³-hybridized carbons (Fsp3) is 0.278. The molecular formula is C18H18N2O5. The molecule has 1 heterocycles. The fourth-order valence-corrected chi connectivity index (χ4v) is 2.35. The van der Waals surface area contributed by atoms with E-state index in [4.69, 9.17) is 9.15 Å². The van der Waals surface area contributed by atoms with Gasteiger partial charge in [-0.1, -0.05) is 17.7 Å². The second-order valence-corrected chi connectivity index (χ2v) is 5.45. The number of carbonyl (C=O) groups is 2. The third kappa shape index (κ3) is 3.98. The van der Waals surface area contributed by atoms with Gasteiger partial charge >= 0.3 is 5.97 Å². The van der Waals surface area contributed by atoms with Crippen LogP contribution in [-0.2, 0) is 9.53 Å². The van der Waals surface area contributed by atoms with Crippen molar-refractivity contribution in [3.8, 4) is 11.8 Å². The van der Waals surface area contributed by atoms with Crippen molar-refractivity contribution < 1.29 is 23.5 Å². The lowest BCUT2D eigenvalue weighted by Crippen LogP contribution is -2.20. The molecule has 0 saturated carbocycles. The van der Waals surface area contributed by atoms with Crippen molar-refractivity contribution >= 4 is 17.8 Å². The van der Waals surface area contributed by atoms with Gasteiger partial charge in [0.25, 0.3) is 5.91 Å². The van der Waals surface area contributed by atoms with Gasteiger partial charge in [0, 0.05) is 0 Å². The standard InChI is InChI=1S/C18H18N2O5/c1-10-5-6-14(11(2)7-10)24-9-15(21)20-17-13(8-19)16(12(3)25-17)18(22)23-4/h5-7H,9H2,1-4H3,(H,20,21). The van der Waals surface area contributed by atoms with Crippen LogP contribution in [0.3, 0.4) is 0 Å². The normalized spacial score (nSPS) is 10.0. The SMILES string of the molecule is COC(=O)c1c(C)oc(NC(=O)COc2ccc(C)cc2C)c1C#N. The first kappa shape index (κ1) is 18.1. The number of ether oxygens (including phenoxy) is 2. The van der Waals surface area contributed by atoms with E-state index in [1.54, 1.807) is 6.07 Å². The van der Waals surface area contributed by atoms with Crippen molar-refractivity contribution in [2.75, 3.05) is 19.0 Å². The highest BCUT2D eigenvalue weighted by molar-refractivity contribution is 5.98. The third-order valence-corrected chi connectivity index (χ3v) is 3.53. The van der Waals surface area contributed by atoms with Gasteiger partial charge in [-0.25, -0.2) is 4.79 Å². The van der Waals surface area contributed by atoms with E-state index in [0.717, 1.165) is 11.1 Å². The number of anilines is 1. The number of esters is 1. The molecule has 2 aromatic rings. The van der Waals surface area contributed by atoms with E-state index in [1.165, 1.54) is 14.0 Å². The first-order valence-electron chi connectivity index (χ1n) is 7.49. The van der Waals surface area contributed by atoms with Crippen LogP contribution in [0.25, 0.3) is 0 Å². The topological polar surface area (TPSA) is 102 Å². The summed E-state index contributed by atoms with van der Waals surface area (Å²) in [6.07, 6.45) is 0. The predicted octanol–water partition coefficient (Wildman–Crippen LogP) is 2.88. The minimum absolute atomic E-state index is 0.00408. The van der Waals surface area contributed by atoms with E-state index in [1.807, 2.05) is 32.0 Å². The van der Waals surface area contributed by atoms with Crippen LogP contribution < -0.4 is 10.1 Å². The van der Waals surface area contributed by atoms with Crippen LogP contribution in [0.2, 0.25) is 0 Å². The molecule has 1 aromatic heterocycles. The largest absolute Gasteiger partial charge is 0.483 e. The van der Waals surface area contributed by atoms with Gasteiger partial charge in [-0.15, -0.1) is 0 Å². The molecular weight excluding hydrogens is 324 g/mol. The van der Waals surface area contributed by atoms with Crippen LogP contribution in [0.5, 0.6) is 5.75 Å². The Labute approximate surface area is 145 Å². The Morgan fingerprint density at radius 1 is 1.28 bits per heavy atom. The Morgan fingerprint density at radius 2 is 2.00 bits per heavy atom. The van der Waals surface area contributed by atoms with Crippen LogP contribution >= 0.6 is 0 Å². The summed E-state index contributed by atoms with van der Waals surface area (Å²) in [5.41, 5.74) is 1.92. The zero-order chi connectivity index (χ0) is 18.6. The summed E-state index contributed by atoms with van der Waals surface area (Å²) in [7, 11) is 1.20. The lowest BCUT2D eigenvalue weighted by Gasteiger charge is -2.09. The number of benzene rings is 1. The second kappa shape index (κ2) is 7.53. The molecule has 0 unspecified atom stereocenters. The van der Waals surface area contributed by atoms with Gasteiger partial charge in [-0.2, -0.15) is 5.26 Å². The molecule has 0 bridgehead atoms. The molecule has 0 atom stereocenters. The van der Waals surface area contributed by atoms with E-state index in [9.17, 15) is 14.9 Å². The number of hydrogen-bond acceptors (Lipinski definition) is 6. The molecule has 0 radical (unpaired) electrons. The Morgan fingerprint density at radius 3 is 2.60 bits per heavy atom. The van der Waals surface area contributed by atoms with Crippen LogP contribution in [0.15, 0.2) is 22.6 Å². The van der Waals surface area contributed by atoms with Crippen molar-refractivity contribution in [1.29, 1.82) is 5.26 Å². The second-order valence-electron chi connectivity index (χ2n) is 5.45. The maximum Gasteiger partial charge on any atom is 0.342 e. The number of hydrogen-bond donors (Lipinski definition) is 1. The average molecular weight is 342 g/mol. The Kier molecular flexibility index (Phi) is 5.45. The quantitative estimate of drug-likeness (QED) is 0.838. The minimum Gasteiger partial charge on any atom is -0.483 e. The van der Waals surface area contributed by atoms with Gasteiger partial charge in [0.15, 0.2) is 6.61 Å². The predicted molar refractivity (Wildman–Crippen MR) is 89.5 cm³/mol. The van der Waals surface area contributed by atoms with Crippen molar-refractivity contribution in [3.63, 3.8) is 0 Å². The highest BCUT2D eigenvalue weighted by Gasteiger charge is 2.25. The summed E-state index contributed by atoms with van der Waals surface area (Å²) >= 11 is 0. The van der Waals surface area contributed by atoms with Gasteiger partial charge in [0.05, 0.1) is 7.11 Å². The smallest absolute Gasteiger partial charge is 0.342 e. The molecule has 130 valence electrons. The molecule has 0 aliphatic rings. The number of aryl methyl sites for hydroxylation is 3. The lowest BCUT2D eigenvalue weighted by molar-refractivity contribution is -0.118. The van der Waals surface area contributed by atoms with Crippen molar-refractivity contribution in [2.45, 2.75) is 20.8 Å². The van der Waals surface area contributed by atoms with Crippen molar-refractivity contribution in [1.82, 2.24) is 0 Å². The van der Waals surface area contributed by atoms with Crippen LogP contribution in [-0.4, -0.2) is 25.6 Å². The van der Waals surface area contributed by atoms with E-state index < -0.39 is 11.9 Å². The highest BCUT2D eigenvalue weighted by atomic mass is 16.5. The number of nitrogens with zero attached hydrogens (tertiary/aromatic N) is 1. The molecule has 0 spiro atoms.